The molecule has 2 unspecified atom stereocenters. The maximum Gasteiger partial charge on any atom is 0.305 e. The predicted octanol–water partition coefficient (Wildman–Crippen LogP) is 4.52. The molecule has 35 heavy (non-hydrogen) atoms. The first-order valence-corrected chi connectivity index (χ1v) is 12.4. The van der Waals surface area contributed by atoms with Crippen LogP contribution in [0.1, 0.15) is 65.4 Å². The van der Waals surface area contributed by atoms with Gasteiger partial charge in [0.15, 0.2) is 0 Å². The molecule has 1 saturated carbocycles. The number of carbonyl (C=O) groups excluding carboxylic acids is 3. The Morgan fingerprint density at radius 1 is 1.20 bits per heavy atom. The molecule has 0 radical (unpaired) electrons. The lowest BCUT2D eigenvalue weighted by Gasteiger charge is -2.60. The van der Waals surface area contributed by atoms with E-state index in [1.165, 1.54) is 19.6 Å². The molecule has 8 atom stereocenters. The number of allylic oxidation sites excluding steroid dienone is 2. The van der Waals surface area contributed by atoms with Crippen LogP contribution in [-0.4, -0.2) is 43.1 Å². The van der Waals surface area contributed by atoms with E-state index in [0.717, 1.165) is 23.1 Å². The second-order valence-electron chi connectivity index (χ2n) is 11.0. The van der Waals surface area contributed by atoms with Crippen LogP contribution in [0.3, 0.4) is 0 Å². The maximum atomic E-state index is 13.8. The fourth-order valence-corrected chi connectivity index (χ4v) is 8.03. The van der Waals surface area contributed by atoms with E-state index >= 15 is 0 Å². The van der Waals surface area contributed by atoms with E-state index in [0.29, 0.717) is 6.42 Å². The van der Waals surface area contributed by atoms with Gasteiger partial charge in [-0.05, 0) is 43.4 Å². The molecule has 1 saturated heterocycles. The number of rotatable bonds is 4. The SMILES string of the molecule is COC(=O)C[C@H]1[C@]2(C)C3=C(C)[C@H](c4ccoc4)CC3O[C@@H]2[C@H](OC(C)=O)C2C(C)=CCC(=O)[C@@]21C. The molecule has 4 aliphatic rings. The van der Waals surface area contributed by atoms with E-state index in [9.17, 15) is 14.4 Å². The van der Waals surface area contributed by atoms with Gasteiger partial charge in [-0.15, -0.1) is 0 Å². The Balaban J connectivity index is 1.73. The highest BCUT2D eigenvalue weighted by Gasteiger charge is 2.72. The van der Waals surface area contributed by atoms with E-state index in [2.05, 4.69) is 13.8 Å². The highest BCUT2D eigenvalue weighted by molar-refractivity contribution is 5.90. The van der Waals surface area contributed by atoms with Crippen LogP contribution in [0.4, 0.5) is 0 Å². The highest BCUT2D eigenvalue weighted by Crippen LogP contribution is 2.69. The number of methoxy groups -OCH3 is 1. The summed E-state index contributed by atoms with van der Waals surface area (Å²) >= 11 is 0. The van der Waals surface area contributed by atoms with Gasteiger partial charge in [-0.1, -0.05) is 31.1 Å². The van der Waals surface area contributed by atoms with Crippen LogP contribution in [0.15, 0.2) is 45.8 Å². The van der Waals surface area contributed by atoms with Crippen LogP contribution in [0, 0.1) is 22.7 Å². The lowest BCUT2D eigenvalue weighted by atomic mass is 9.44. The summed E-state index contributed by atoms with van der Waals surface area (Å²) in [5.74, 6) is -1.31. The van der Waals surface area contributed by atoms with Gasteiger partial charge in [-0.3, -0.25) is 14.4 Å². The zero-order valence-electron chi connectivity index (χ0n) is 21.3. The molecular weight excluding hydrogens is 448 g/mol. The normalized spacial score (nSPS) is 40.1. The van der Waals surface area contributed by atoms with Crippen molar-refractivity contribution >= 4 is 17.7 Å². The van der Waals surface area contributed by atoms with E-state index in [-0.39, 0.29) is 42.0 Å². The first-order chi connectivity index (χ1) is 16.5. The first kappa shape index (κ1) is 24.0. The van der Waals surface area contributed by atoms with Crippen LogP contribution in [0.25, 0.3) is 0 Å². The number of furan rings is 1. The zero-order valence-corrected chi connectivity index (χ0v) is 21.3. The highest BCUT2D eigenvalue weighted by atomic mass is 16.6. The molecular formula is C28H34O7. The number of hydrogen-bond acceptors (Lipinski definition) is 7. The molecule has 5 rings (SSSR count). The molecule has 7 heteroatoms. The number of hydrogen-bond donors (Lipinski definition) is 0. The number of ether oxygens (including phenoxy) is 3. The molecule has 0 amide bonds. The van der Waals surface area contributed by atoms with Gasteiger partial charge in [0.25, 0.3) is 0 Å². The third-order valence-electron chi connectivity index (χ3n) is 9.47. The van der Waals surface area contributed by atoms with Crippen molar-refractivity contribution in [2.75, 3.05) is 7.11 Å². The fourth-order valence-electron chi connectivity index (χ4n) is 8.03. The van der Waals surface area contributed by atoms with E-state index in [1.54, 1.807) is 12.5 Å². The molecule has 0 aromatic carbocycles. The summed E-state index contributed by atoms with van der Waals surface area (Å²) in [4.78, 5) is 38.9. The monoisotopic (exact) mass is 482 g/mol. The number of Topliss-reactive ketones (excluding diaryl/α,β-unsaturated/α-hetero) is 1. The van der Waals surface area contributed by atoms with Gasteiger partial charge in [0.2, 0.25) is 0 Å². The van der Waals surface area contributed by atoms with Crippen LogP contribution in [0.2, 0.25) is 0 Å². The molecule has 0 spiro atoms. The third kappa shape index (κ3) is 3.23. The summed E-state index contributed by atoms with van der Waals surface area (Å²) < 4.78 is 23.2. The Kier molecular flexibility index (Phi) is 5.62. The quantitative estimate of drug-likeness (QED) is 0.460. The maximum absolute atomic E-state index is 13.8. The van der Waals surface area contributed by atoms with Crippen molar-refractivity contribution in [3.8, 4) is 0 Å². The lowest BCUT2D eigenvalue weighted by molar-refractivity contribution is -0.205. The molecule has 188 valence electrons. The second-order valence-corrected chi connectivity index (χ2v) is 11.0. The smallest absolute Gasteiger partial charge is 0.305 e. The molecule has 1 aliphatic heterocycles. The average molecular weight is 483 g/mol. The molecule has 0 bridgehead atoms. The van der Waals surface area contributed by atoms with Gasteiger partial charge in [-0.25, -0.2) is 0 Å². The Morgan fingerprint density at radius 2 is 1.94 bits per heavy atom. The Bertz CT molecular complexity index is 1130. The molecule has 0 N–H and O–H groups in total. The van der Waals surface area contributed by atoms with Crippen LogP contribution < -0.4 is 0 Å². The zero-order chi connectivity index (χ0) is 25.3. The Morgan fingerprint density at radius 3 is 2.57 bits per heavy atom. The van der Waals surface area contributed by atoms with Crippen molar-refractivity contribution in [1.82, 2.24) is 0 Å². The van der Waals surface area contributed by atoms with Crippen molar-refractivity contribution < 1.29 is 33.0 Å². The van der Waals surface area contributed by atoms with Crippen molar-refractivity contribution in [2.24, 2.45) is 22.7 Å². The minimum atomic E-state index is -0.919. The summed E-state index contributed by atoms with van der Waals surface area (Å²) in [5, 5.41) is 0. The summed E-state index contributed by atoms with van der Waals surface area (Å²) in [6.45, 7) is 9.55. The number of ketones is 1. The molecule has 3 aliphatic carbocycles. The van der Waals surface area contributed by atoms with Crippen LogP contribution in [0.5, 0.6) is 0 Å². The van der Waals surface area contributed by atoms with Crippen LogP contribution in [-0.2, 0) is 28.6 Å². The van der Waals surface area contributed by atoms with Crippen LogP contribution >= 0.6 is 0 Å². The molecule has 1 aromatic heterocycles. The standard InChI is InChI=1S/C28H34O7/c1-14-7-8-21(30)27(4)20(12-22(31)32-6)28(5)24-15(2)18(17-9-10-33-13-17)11-19(24)35-26(28)25(23(14)27)34-16(3)29/h7,9-10,13,18-20,23,25-26H,8,11-12H2,1-6H3/t18-,19?,20-,23?,25-,26-,27+,28-/m1/s1. The minimum Gasteiger partial charge on any atom is -0.472 e. The predicted molar refractivity (Wildman–Crippen MR) is 126 cm³/mol. The first-order valence-electron chi connectivity index (χ1n) is 12.4. The third-order valence-corrected chi connectivity index (χ3v) is 9.47. The van der Waals surface area contributed by atoms with E-state index < -0.39 is 29.0 Å². The summed E-state index contributed by atoms with van der Waals surface area (Å²) in [6, 6.07) is 1.97. The Labute approximate surface area is 205 Å². The molecule has 2 heterocycles. The van der Waals surface area contributed by atoms with E-state index in [4.69, 9.17) is 18.6 Å². The van der Waals surface area contributed by atoms with Gasteiger partial charge >= 0.3 is 11.9 Å². The molecule has 2 fully saturated rings. The number of carbonyl (C=O) groups is 3. The summed E-state index contributed by atoms with van der Waals surface area (Å²) in [7, 11) is 1.38. The second kappa shape index (κ2) is 8.19. The Hall–Kier alpha value is -2.67. The number of fused-ring (bicyclic) bond motifs is 4. The summed E-state index contributed by atoms with van der Waals surface area (Å²) in [5.41, 5.74) is 2.77. The molecule has 1 aromatic rings. The minimum absolute atomic E-state index is 0.0601. The van der Waals surface area contributed by atoms with E-state index in [1.807, 2.05) is 26.0 Å². The largest absolute Gasteiger partial charge is 0.472 e. The van der Waals surface area contributed by atoms with Crippen molar-refractivity contribution in [3.05, 3.63) is 47.0 Å². The van der Waals surface area contributed by atoms with Gasteiger partial charge in [0.1, 0.15) is 18.0 Å². The van der Waals surface area contributed by atoms with Crippen molar-refractivity contribution in [1.29, 1.82) is 0 Å². The lowest BCUT2D eigenvalue weighted by Crippen LogP contribution is -2.66. The van der Waals surface area contributed by atoms with Gasteiger partial charge in [-0.2, -0.15) is 0 Å². The van der Waals surface area contributed by atoms with Gasteiger partial charge in [0.05, 0.1) is 32.2 Å². The van der Waals surface area contributed by atoms with Gasteiger partial charge < -0.3 is 18.6 Å². The van der Waals surface area contributed by atoms with Gasteiger partial charge in [0, 0.05) is 36.0 Å². The van der Waals surface area contributed by atoms with Crippen molar-refractivity contribution in [2.45, 2.75) is 78.1 Å². The summed E-state index contributed by atoms with van der Waals surface area (Å²) in [6.07, 6.45) is 5.20. The number of esters is 2. The topological polar surface area (TPSA) is 92.0 Å². The average Bonchev–Trinajstić information content (AvgIpc) is 3.50. The molecule has 7 nitrogen and oxygen atoms in total. The fraction of sp³-hybridized carbons (Fsp3) is 0.607. The van der Waals surface area contributed by atoms with Crippen molar-refractivity contribution in [3.63, 3.8) is 0 Å².